The highest BCUT2D eigenvalue weighted by molar-refractivity contribution is 7.89. The first-order chi connectivity index (χ1) is 8.59. The maximum atomic E-state index is 12.4. The van der Waals surface area contributed by atoms with E-state index < -0.39 is 10.0 Å². The van der Waals surface area contributed by atoms with Gasteiger partial charge in [0.1, 0.15) is 10.7 Å². The van der Waals surface area contributed by atoms with Gasteiger partial charge in [0.25, 0.3) is 0 Å². The van der Waals surface area contributed by atoms with Gasteiger partial charge in [-0.25, -0.2) is 13.4 Å². The second-order valence-electron chi connectivity index (χ2n) is 4.20. The van der Waals surface area contributed by atoms with Gasteiger partial charge in [-0.2, -0.15) is 4.31 Å². The van der Waals surface area contributed by atoms with Crippen molar-refractivity contribution in [2.24, 2.45) is 0 Å². The monoisotopic (exact) mass is 271 g/mol. The summed E-state index contributed by atoms with van der Waals surface area (Å²) in [4.78, 5) is 4.17. The van der Waals surface area contributed by atoms with Gasteiger partial charge in [-0.1, -0.05) is 0 Å². The van der Waals surface area contributed by atoms with Crippen molar-refractivity contribution >= 4 is 15.8 Å². The molecule has 1 aromatic heterocycles. The van der Waals surface area contributed by atoms with Gasteiger partial charge in [0.05, 0.1) is 6.61 Å². The predicted octanol–water partition coefficient (Wildman–Crippen LogP) is 0.269. The third kappa shape index (κ3) is 2.63. The zero-order valence-corrected chi connectivity index (χ0v) is 11.0. The molecule has 1 aliphatic carbocycles. The number of aliphatic hydroxyl groups is 1. The van der Waals surface area contributed by atoms with Crippen molar-refractivity contribution < 1.29 is 13.5 Å². The molecular weight excluding hydrogens is 254 g/mol. The second kappa shape index (κ2) is 5.21. The lowest BCUT2D eigenvalue weighted by Crippen LogP contribution is -2.35. The van der Waals surface area contributed by atoms with Gasteiger partial charge >= 0.3 is 0 Å². The van der Waals surface area contributed by atoms with Crippen LogP contribution in [-0.2, 0) is 10.0 Å². The van der Waals surface area contributed by atoms with E-state index in [2.05, 4.69) is 10.3 Å². The van der Waals surface area contributed by atoms with Crippen molar-refractivity contribution in [2.75, 3.05) is 25.5 Å². The van der Waals surface area contributed by atoms with Crippen molar-refractivity contribution in [2.45, 2.75) is 23.8 Å². The van der Waals surface area contributed by atoms with Crippen molar-refractivity contribution in [1.82, 2.24) is 9.29 Å². The van der Waals surface area contributed by atoms with Crippen LogP contribution in [0.1, 0.15) is 12.8 Å². The first-order valence-electron chi connectivity index (χ1n) is 5.86. The number of anilines is 1. The molecule has 0 atom stereocenters. The van der Waals surface area contributed by atoms with E-state index in [4.69, 9.17) is 5.11 Å². The molecule has 7 heteroatoms. The largest absolute Gasteiger partial charge is 0.395 e. The number of pyridine rings is 1. The highest BCUT2D eigenvalue weighted by Gasteiger charge is 2.37. The summed E-state index contributed by atoms with van der Waals surface area (Å²) in [5, 5.41) is 11.8. The van der Waals surface area contributed by atoms with Crippen LogP contribution in [0.25, 0.3) is 0 Å². The molecule has 2 N–H and O–H groups in total. The molecule has 0 radical (unpaired) electrons. The molecule has 0 saturated heterocycles. The average molecular weight is 271 g/mol. The van der Waals surface area contributed by atoms with E-state index in [9.17, 15) is 8.42 Å². The van der Waals surface area contributed by atoms with E-state index in [0.717, 1.165) is 12.8 Å². The molecule has 0 aromatic carbocycles. The van der Waals surface area contributed by atoms with E-state index in [0.29, 0.717) is 5.82 Å². The second-order valence-corrected chi connectivity index (χ2v) is 6.09. The summed E-state index contributed by atoms with van der Waals surface area (Å²) in [6, 6.07) is 3.18. The quantitative estimate of drug-likeness (QED) is 0.776. The standard InChI is InChI=1S/C11H17N3O3S/c1-12-11-5-4-10(8-13-11)18(16,17)14(6-7-15)9-2-3-9/h4-5,8-9,15H,2-3,6-7H2,1H3,(H,12,13). The average Bonchev–Trinajstić information content (AvgIpc) is 3.20. The lowest BCUT2D eigenvalue weighted by atomic mass is 10.5. The lowest BCUT2D eigenvalue weighted by molar-refractivity contribution is 0.250. The highest BCUT2D eigenvalue weighted by atomic mass is 32.2. The van der Waals surface area contributed by atoms with Gasteiger partial charge in [-0.3, -0.25) is 0 Å². The zero-order chi connectivity index (χ0) is 13.2. The van der Waals surface area contributed by atoms with Crippen LogP contribution in [0.2, 0.25) is 0 Å². The Labute approximate surface area is 107 Å². The lowest BCUT2D eigenvalue weighted by Gasteiger charge is -2.20. The summed E-state index contributed by atoms with van der Waals surface area (Å²) in [5.41, 5.74) is 0. The topological polar surface area (TPSA) is 82.5 Å². The number of hydrogen-bond donors (Lipinski definition) is 2. The van der Waals surface area contributed by atoms with E-state index in [1.165, 1.54) is 16.6 Å². The molecule has 18 heavy (non-hydrogen) atoms. The Hall–Kier alpha value is -1.18. The molecule has 1 saturated carbocycles. The molecule has 6 nitrogen and oxygen atoms in total. The Kier molecular flexibility index (Phi) is 3.84. The summed E-state index contributed by atoms with van der Waals surface area (Å²) in [6.45, 7) is -0.0292. The van der Waals surface area contributed by atoms with Crippen LogP contribution < -0.4 is 5.32 Å². The Bertz CT molecular complexity index is 497. The summed E-state index contributed by atoms with van der Waals surface area (Å²) in [5.74, 6) is 0.620. The van der Waals surface area contributed by atoms with E-state index in [1.807, 2.05) is 0 Å². The number of aromatic nitrogens is 1. The minimum atomic E-state index is -3.54. The Morgan fingerprint density at radius 3 is 2.67 bits per heavy atom. The number of sulfonamides is 1. The molecule has 0 aliphatic heterocycles. The summed E-state index contributed by atoms with van der Waals surface area (Å²) < 4.78 is 26.1. The molecule has 1 aliphatic rings. The number of aliphatic hydroxyl groups excluding tert-OH is 1. The molecule has 0 bridgehead atoms. The Balaban J connectivity index is 2.27. The molecule has 1 heterocycles. The van der Waals surface area contributed by atoms with E-state index in [1.54, 1.807) is 13.1 Å². The van der Waals surface area contributed by atoms with Crippen molar-refractivity contribution in [3.05, 3.63) is 18.3 Å². The van der Waals surface area contributed by atoms with E-state index in [-0.39, 0.29) is 24.1 Å². The number of rotatable bonds is 6. The molecule has 1 fully saturated rings. The Morgan fingerprint density at radius 1 is 1.50 bits per heavy atom. The number of nitrogens with zero attached hydrogens (tertiary/aromatic N) is 2. The number of hydrogen-bond acceptors (Lipinski definition) is 5. The van der Waals surface area contributed by atoms with Gasteiger partial charge in [0.15, 0.2) is 0 Å². The first kappa shape index (κ1) is 13.3. The van der Waals surface area contributed by atoms with Crippen molar-refractivity contribution in [3.63, 3.8) is 0 Å². The zero-order valence-electron chi connectivity index (χ0n) is 10.2. The third-order valence-corrected chi connectivity index (χ3v) is 4.81. The van der Waals surface area contributed by atoms with Gasteiger partial charge in [0.2, 0.25) is 10.0 Å². The third-order valence-electron chi connectivity index (χ3n) is 2.87. The highest BCUT2D eigenvalue weighted by Crippen LogP contribution is 2.31. The Morgan fingerprint density at radius 2 is 2.22 bits per heavy atom. The van der Waals surface area contributed by atoms with Crippen LogP contribution in [-0.4, -0.2) is 49.1 Å². The van der Waals surface area contributed by atoms with Gasteiger partial charge in [-0.15, -0.1) is 0 Å². The van der Waals surface area contributed by atoms with Crippen LogP contribution in [0.4, 0.5) is 5.82 Å². The van der Waals surface area contributed by atoms with Crippen molar-refractivity contribution in [1.29, 1.82) is 0 Å². The fourth-order valence-corrected chi connectivity index (χ4v) is 3.40. The predicted molar refractivity (Wildman–Crippen MR) is 67.8 cm³/mol. The SMILES string of the molecule is CNc1ccc(S(=O)(=O)N(CCO)C2CC2)cn1. The fourth-order valence-electron chi connectivity index (χ4n) is 1.78. The minimum Gasteiger partial charge on any atom is -0.395 e. The molecule has 1 aromatic rings. The van der Waals surface area contributed by atoms with Crippen LogP contribution >= 0.6 is 0 Å². The maximum absolute atomic E-state index is 12.4. The maximum Gasteiger partial charge on any atom is 0.244 e. The van der Waals surface area contributed by atoms with E-state index >= 15 is 0 Å². The van der Waals surface area contributed by atoms with Gasteiger partial charge in [0, 0.05) is 25.8 Å². The van der Waals surface area contributed by atoms with Crippen molar-refractivity contribution in [3.8, 4) is 0 Å². The van der Waals surface area contributed by atoms with Gasteiger partial charge < -0.3 is 10.4 Å². The number of nitrogens with one attached hydrogen (secondary N) is 1. The molecule has 0 amide bonds. The smallest absolute Gasteiger partial charge is 0.244 e. The van der Waals surface area contributed by atoms with Crippen LogP contribution in [0.3, 0.4) is 0 Å². The summed E-state index contributed by atoms with van der Waals surface area (Å²) in [6.07, 6.45) is 3.07. The molecule has 0 spiro atoms. The molecule has 0 unspecified atom stereocenters. The minimum absolute atomic E-state index is 0.0335. The first-order valence-corrected chi connectivity index (χ1v) is 7.30. The van der Waals surface area contributed by atoms with Crippen LogP contribution in [0.5, 0.6) is 0 Å². The van der Waals surface area contributed by atoms with Gasteiger partial charge in [-0.05, 0) is 25.0 Å². The molecular formula is C11H17N3O3S. The molecule has 100 valence electrons. The normalized spacial score (nSPS) is 15.9. The summed E-state index contributed by atoms with van der Waals surface area (Å²) in [7, 11) is -1.82. The van der Waals surface area contributed by atoms with Crippen LogP contribution in [0.15, 0.2) is 23.2 Å². The molecule has 2 rings (SSSR count). The van der Waals surface area contributed by atoms with Crippen LogP contribution in [0, 0.1) is 0 Å². The summed E-state index contributed by atoms with van der Waals surface area (Å²) >= 11 is 0. The fraction of sp³-hybridized carbons (Fsp3) is 0.545.